The van der Waals surface area contributed by atoms with Crippen molar-refractivity contribution in [3.63, 3.8) is 0 Å². The lowest BCUT2D eigenvalue weighted by Crippen LogP contribution is -2.55. The van der Waals surface area contributed by atoms with Crippen molar-refractivity contribution >= 4 is 37.8 Å². The zero-order chi connectivity index (χ0) is 36.9. The van der Waals surface area contributed by atoms with Gasteiger partial charge in [0.25, 0.3) is 0 Å². The molecule has 15 heteroatoms. The van der Waals surface area contributed by atoms with E-state index in [9.17, 15) is 0 Å². The fraction of sp³-hybridized carbons (Fsp3) is 0.647. The van der Waals surface area contributed by atoms with Gasteiger partial charge in [-0.2, -0.15) is 0 Å². The summed E-state index contributed by atoms with van der Waals surface area (Å²) in [5.74, 6) is 0. The van der Waals surface area contributed by atoms with Crippen LogP contribution >= 0.6 is 0 Å². The summed E-state index contributed by atoms with van der Waals surface area (Å²) in [6.45, 7) is 21.9. The summed E-state index contributed by atoms with van der Waals surface area (Å²) in [7, 11) is -2.77. The topological polar surface area (TPSA) is 110 Å². The van der Waals surface area contributed by atoms with Gasteiger partial charge in [0.1, 0.15) is 0 Å². The second-order valence-electron chi connectivity index (χ2n) is 10.2. The van der Waals surface area contributed by atoms with Gasteiger partial charge in [0.15, 0.2) is 0 Å². The highest BCUT2D eigenvalue weighted by molar-refractivity contribution is 6.62. The lowest BCUT2D eigenvalue weighted by Gasteiger charge is -2.32. The largest absolute Gasteiger partial charge is 0.521 e. The van der Waals surface area contributed by atoms with Gasteiger partial charge in [0.2, 0.25) is 0 Å². The van der Waals surface area contributed by atoms with Crippen molar-refractivity contribution in [1.29, 1.82) is 0 Å². The monoisotopic (exact) mass is 745 g/mol. The van der Waals surface area contributed by atoms with E-state index in [0.29, 0.717) is 52.0 Å². The van der Waals surface area contributed by atoms with E-state index in [4.69, 9.17) is 39.8 Å². The van der Waals surface area contributed by atoms with Crippen LogP contribution in [0.5, 0.6) is 0 Å². The molecule has 0 atom stereocenters. The summed E-state index contributed by atoms with van der Waals surface area (Å²) < 4.78 is 50.6. The molecule has 0 saturated heterocycles. The minimum atomic E-state index is -2.59. The van der Waals surface area contributed by atoms with Crippen molar-refractivity contribution in [3.8, 4) is 0 Å². The predicted molar refractivity (Wildman–Crippen MR) is 206 cm³/mol. The number of anilines is 2. The molecule has 49 heavy (non-hydrogen) atoms. The molecular formula is C34H67N3O9Si3. The minimum Gasteiger partial charge on any atom is -0.381 e. The van der Waals surface area contributed by atoms with Crippen LogP contribution in [-0.4, -0.2) is 124 Å². The number of hydrogen-bond acceptors (Lipinski definition) is 12. The lowest BCUT2D eigenvalue weighted by atomic mass is 10.3. The van der Waals surface area contributed by atoms with Gasteiger partial charge in [0.05, 0.1) is 18.5 Å². The number of benzene rings is 2. The van der Waals surface area contributed by atoms with Crippen LogP contribution in [0.4, 0.5) is 11.4 Å². The third-order valence-electron chi connectivity index (χ3n) is 7.00. The van der Waals surface area contributed by atoms with Gasteiger partial charge in [-0.1, -0.05) is 50.2 Å². The van der Waals surface area contributed by atoms with Crippen molar-refractivity contribution in [2.75, 3.05) is 103 Å². The van der Waals surface area contributed by atoms with E-state index in [1.807, 2.05) is 102 Å². The number of nitrogens with one attached hydrogen (secondary N) is 2. The Hall–Kier alpha value is -1.71. The van der Waals surface area contributed by atoms with Gasteiger partial charge >= 0.3 is 26.4 Å². The van der Waals surface area contributed by atoms with Gasteiger partial charge < -0.3 is 50.5 Å². The van der Waals surface area contributed by atoms with Crippen LogP contribution in [0.1, 0.15) is 55.4 Å². The average Bonchev–Trinajstić information content (AvgIpc) is 3.13. The maximum atomic E-state index is 5.80. The molecule has 0 heterocycles. The molecule has 2 N–H and O–H groups in total. The number of hydrogen-bond donors (Lipinski definition) is 2. The molecule has 0 fully saturated rings. The zero-order valence-corrected chi connectivity index (χ0v) is 35.2. The summed E-state index contributed by atoms with van der Waals surface area (Å²) in [6.07, 6.45) is 1.93. The van der Waals surface area contributed by atoms with Gasteiger partial charge in [-0.3, -0.25) is 4.90 Å². The Labute approximate surface area is 301 Å². The van der Waals surface area contributed by atoms with Gasteiger partial charge in [-0.05, 0) is 78.9 Å². The first-order valence-electron chi connectivity index (χ1n) is 17.5. The molecule has 12 nitrogen and oxygen atoms in total. The first-order chi connectivity index (χ1) is 23.7. The van der Waals surface area contributed by atoms with E-state index in [1.54, 1.807) is 21.3 Å². The Kier molecular flexibility index (Phi) is 27.9. The third-order valence-corrected chi connectivity index (χ3v) is 15.3. The van der Waals surface area contributed by atoms with Crippen LogP contribution < -0.4 is 10.6 Å². The van der Waals surface area contributed by atoms with Crippen LogP contribution in [0.15, 0.2) is 60.7 Å². The third kappa shape index (κ3) is 19.5. The molecule has 2 aromatic carbocycles. The fourth-order valence-electron chi connectivity index (χ4n) is 4.58. The Balaban J connectivity index is 0.000000709. The molecule has 0 aromatic heterocycles. The molecule has 2 rings (SSSR count). The van der Waals surface area contributed by atoms with E-state index < -0.39 is 26.4 Å². The van der Waals surface area contributed by atoms with Crippen LogP contribution in [0, 0.1) is 0 Å². The first-order valence-corrected chi connectivity index (χ1v) is 23.3. The average molecular weight is 746 g/mol. The Morgan fingerprint density at radius 2 is 0.755 bits per heavy atom. The van der Waals surface area contributed by atoms with E-state index in [1.165, 1.54) is 0 Å². The highest BCUT2D eigenvalue weighted by atomic mass is 28.4. The van der Waals surface area contributed by atoms with Crippen LogP contribution in [0.25, 0.3) is 0 Å². The summed E-state index contributed by atoms with van der Waals surface area (Å²) in [6, 6.07) is 19.9. The molecule has 0 bridgehead atoms. The van der Waals surface area contributed by atoms with Crippen LogP contribution in [-0.2, 0) is 39.8 Å². The standard InChI is InChI=1S/C13H23NO3Si.C11H27NO3Si.C10H17NO3Si/c1-4-15-18(16-5-2,17-6-3)12-14-13-10-8-7-9-11-13;1-6-12(7-2)11-16(13-8-3,14-9-4)15-10-5;1-12-15(13-2,14-3)9-11-10-7-5-4-6-8-10/h7-11,14H,4-6,12H2,1-3H3;6-11H2,1-5H3;4-8,11H,9H2,1-3H3. The Bertz CT molecular complexity index is 970. The van der Waals surface area contributed by atoms with Crippen molar-refractivity contribution in [2.45, 2.75) is 55.4 Å². The molecule has 0 unspecified atom stereocenters. The van der Waals surface area contributed by atoms with E-state index >= 15 is 0 Å². The smallest absolute Gasteiger partial charge is 0.381 e. The molecule has 0 saturated carbocycles. The van der Waals surface area contributed by atoms with Gasteiger partial charge in [-0.25, -0.2) is 0 Å². The summed E-state index contributed by atoms with van der Waals surface area (Å²) >= 11 is 0. The van der Waals surface area contributed by atoms with Crippen LogP contribution in [0.3, 0.4) is 0 Å². The molecule has 284 valence electrons. The minimum absolute atomic E-state index is 0.556. The van der Waals surface area contributed by atoms with E-state index in [2.05, 4.69) is 29.4 Å². The van der Waals surface area contributed by atoms with Crippen molar-refractivity contribution in [3.05, 3.63) is 60.7 Å². The molecule has 0 aliphatic heterocycles. The second-order valence-corrected chi connectivity index (χ2v) is 18.2. The SMILES string of the molecule is CCO[Si](CN(CC)CC)(OCC)OCC.CCO[Si](CNc1ccccc1)(OCC)OCC.CO[Si](CNc1ccccc1)(OC)OC. The molecular weight excluding hydrogens is 679 g/mol. The highest BCUT2D eigenvalue weighted by Crippen LogP contribution is 2.14. The number of rotatable bonds is 25. The Morgan fingerprint density at radius 3 is 1.04 bits per heavy atom. The highest BCUT2D eigenvalue weighted by Gasteiger charge is 2.42. The number of nitrogens with zero attached hydrogens (tertiary/aromatic N) is 1. The number of para-hydroxylation sites is 2. The first kappa shape index (κ1) is 47.3. The summed E-state index contributed by atoms with van der Waals surface area (Å²) in [5, 5.41) is 6.55. The maximum Gasteiger partial charge on any atom is 0.521 e. The predicted octanol–water partition coefficient (Wildman–Crippen LogP) is 6.12. The zero-order valence-electron chi connectivity index (χ0n) is 32.2. The molecule has 2 aromatic rings. The Morgan fingerprint density at radius 1 is 0.449 bits per heavy atom. The lowest BCUT2D eigenvalue weighted by molar-refractivity contribution is 0.0578. The molecule has 0 radical (unpaired) electrons. The van der Waals surface area contributed by atoms with Crippen molar-refractivity contribution < 1.29 is 39.8 Å². The van der Waals surface area contributed by atoms with Gasteiger partial charge in [0, 0.05) is 72.3 Å². The summed E-state index contributed by atoms with van der Waals surface area (Å²) in [4.78, 5) is 2.30. The quantitative estimate of drug-likeness (QED) is 0.114. The maximum absolute atomic E-state index is 5.80. The van der Waals surface area contributed by atoms with E-state index in [-0.39, 0.29) is 0 Å². The van der Waals surface area contributed by atoms with Crippen LogP contribution in [0.2, 0.25) is 0 Å². The van der Waals surface area contributed by atoms with Crippen molar-refractivity contribution in [2.24, 2.45) is 0 Å². The van der Waals surface area contributed by atoms with Crippen molar-refractivity contribution in [1.82, 2.24) is 4.90 Å². The molecule has 0 aliphatic rings. The van der Waals surface area contributed by atoms with E-state index in [0.717, 1.165) is 30.6 Å². The fourth-order valence-corrected chi connectivity index (χ4v) is 11.1. The molecule has 0 spiro atoms. The molecule has 0 amide bonds. The normalized spacial score (nSPS) is 11.8. The summed E-state index contributed by atoms with van der Waals surface area (Å²) in [5.41, 5.74) is 2.08. The second kappa shape index (κ2) is 28.9. The molecule has 0 aliphatic carbocycles. The van der Waals surface area contributed by atoms with Gasteiger partial charge in [-0.15, -0.1) is 0 Å².